The number of aromatic amines is 1. The Morgan fingerprint density at radius 3 is 2.63 bits per heavy atom. The largest absolute Gasteiger partial charge is 0.361 e. The van der Waals surface area contributed by atoms with E-state index in [9.17, 15) is 17.2 Å². The van der Waals surface area contributed by atoms with Gasteiger partial charge in [0.1, 0.15) is 11.6 Å². The minimum Gasteiger partial charge on any atom is -0.361 e. The van der Waals surface area contributed by atoms with Gasteiger partial charge in [-0.05, 0) is 60.9 Å². The number of hydrogen-bond donors (Lipinski definition) is 1. The normalized spacial score (nSPS) is 15.9. The summed E-state index contributed by atoms with van der Waals surface area (Å²) < 4.78 is 54.0. The molecule has 0 saturated carbocycles. The summed E-state index contributed by atoms with van der Waals surface area (Å²) in [6, 6.07) is 8.38. The van der Waals surface area contributed by atoms with Gasteiger partial charge in [0, 0.05) is 35.8 Å². The number of benzene rings is 2. The number of sulfonamides is 1. The lowest BCUT2D eigenvalue weighted by Gasteiger charge is -2.26. The third-order valence-corrected chi connectivity index (χ3v) is 6.79. The Bertz CT molecular complexity index is 1170. The highest BCUT2D eigenvalue weighted by molar-refractivity contribution is 7.89. The number of aromatic nitrogens is 1. The Morgan fingerprint density at radius 2 is 1.93 bits per heavy atom. The van der Waals surface area contributed by atoms with Crippen molar-refractivity contribution in [3.63, 3.8) is 0 Å². The van der Waals surface area contributed by atoms with Crippen LogP contribution in [0.1, 0.15) is 17.5 Å². The second-order valence-corrected chi connectivity index (χ2v) is 8.58. The third-order valence-electron chi connectivity index (χ3n) is 4.93. The van der Waals surface area contributed by atoms with E-state index in [4.69, 9.17) is 0 Å². The number of aryl methyl sites for hydroxylation is 1. The van der Waals surface area contributed by atoms with Crippen LogP contribution in [0.25, 0.3) is 16.5 Å². The predicted octanol–water partition coefficient (Wildman–Crippen LogP) is 4.23. The molecule has 3 aromatic rings. The molecule has 27 heavy (non-hydrogen) atoms. The second-order valence-electron chi connectivity index (χ2n) is 6.65. The van der Waals surface area contributed by atoms with Gasteiger partial charge in [0.05, 0.1) is 4.90 Å². The molecule has 0 aliphatic carbocycles. The van der Waals surface area contributed by atoms with Gasteiger partial charge in [-0.15, -0.1) is 0 Å². The van der Waals surface area contributed by atoms with Crippen LogP contribution in [-0.2, 0) is 10.0 Å². The van der Waals surface area contributed by atoms with Crippen molar-refractivity contribution in [2.45, 2.75) is 18.2 Å². The van der Waals surface area contributed by atoms with Gasteiger partial charge in [0.25, 0.3) is 0 Å². The first-order valence-corrected chi connectivity index (χ1v) is 10.0. The number of hydrogen-bond acceptors (Lipinski definition) is 2. The zero-order valence-corrected chi connectivity index (χ0v) is 15.5. The Morgan fingerprint density at radius 1 is 1.11 bits per heavy atom. The van der Waals surface area contributed by atoms with Gasteiger partial charge in [-0.2, -0.15) is 4.31 Å². The lowest BCUT2D eigenvalue weighted by atomic mass is 10.00. The molecule has 0 saturated heterocycles. The highest BCUT2D eigenvalue weighted by Gasteiger charge is 2.27. The Labute approximate surface area is 156 Å². The van der Waals surface area contributed by atoms with E-state index in [2.05, 4.69) is 4.98 Å². The molecule has 2 aromatic carbocycles. The summed E-state index contributed by atoms with van der Waals surface area (Å²) in [5.74, 6) is -0.739. The fourth-order valence-electron chi connectivity index (χ4n) is 3.40. The van der Waals surface area contributed by atoms with Gasteiger partial charge in [-0.25, -0.2) is 17.2 Å². The smallest absolute Gasteiger partial charge is 0.243 e. The number of nitrogens with zero attached hydrogens (tertiary/aromatic N) is 1. The fraction of sp³-hybridized carbons (Fsp3) is 0.200. The maximum absolute atomic E-state index is 13.6. The van der Waals surface area contributed by atoms with Crippen molar-refractivity contribution in [1.82, 2.24) is 9.29 Å². The lowest BCUT2D eigenvalue weighted by molar-refractivity contribution is 0.441. The first-order valence-electron chi connectivity index (χ1n) is 8.58. The summed E-state index contributed by atoms with van der Waals surface area (Å²) in [6.07, 6.45) is 4.19. The van der Waals surface area contributed by atoms with Gasteiger partial charge < -0.3 is 4.98 Å². The van der Waals surface area contributed by atoms with E-state index in [1.165, 1.54) is 34.6 Å². The molecule has 0 unspecified atom stereocenters. The maximum Gasteiger partial charge on any atom is 0.243 e. The van der Waals surface area contributed by atoms with Crippen LogP contribution < -0.4 is 0 Å². The van der Waals surface area contributed by atoms with E-state index in [0.717, 1.165) is 22.0 Å². The van der Waals surface area contributed by atoms with Crippen molar-refractivity contribution in [2.24, 2.45) is 0 Å². The SMILES string of the molecule is Cc1cc(S(=O)(=O)N2CC=C(c3c[nH]c4ccc(F)cc34)CC2)ccc1F. The van der Waals surface area contributed by atoms with E-state index in [1.54, 1.807) is 13.0 Å². The van der Waals surface area contributed by atoms with Crippen LogP contribution in [0.2, 0.25) is 0 Å². The first-order chi connectivity index (χ1) is 12.9. The quantitative estimate of drug-likeness (QED) is 0.730. The van der Waals surface area contributed by atoms with Gasteiger partial charge in [0.2, 0.25) is 10.0 Å². The Hall–Kier alpha value is -2.51. The van der Waals surface area contributed by atoms with Crippen molar-refractivity contribution in [3.05, 3.63) is 71.4 Å². The standard InChI is InChI=1S/C20H18F2N2O2S/c1-13-10-16(3-4-19(13)22)27(25,26)24-8-6-14(7-9-24)18-12-23-20-5-2-15(21)11-17(18)20/h2-6,10-12,23H,7-9H2,1H3. The van der Waals surface area contributed by atoms with Gasteiger partial charge in [-0.3, -0.25) is 0 Å². The number of nitrogens with one attached hydrogen (secondary N) is 1. The number of halogens is 2. The van der Waals surface area contributed by atoms with Crippen LogP contribution >= 0.6 is 0 Å². The summed E-state index contributed by atoms with van der Waals surface area (Å²) in [5, 5.41) is 0.784. The van der Waals surface area contributed by atoms with Crippen LogP contribution in [0, 0.1) is 18.6 Å². The molecule has 1 aliphatic rings. The van der Waals surface area contributed by atoms with Crippen molar-refractivity contribution in [1.29, 1.82) is 0 Å². The van der Waals surface area contributed by atoms with Crippen LogP contribution in [0.15, 0.2) is 53.6 Å². The number of fused-ring (bicyclic) bond motifs is 1. The molecule has 0 atom stereocenters. The third kappa shape index (κ3) is 3.17. The molecule has 2 heterocycles. The molecule has 0 fully saturated rings. The molecule has 1 N–H and O–H groups in total. The molecule has 0 spiro atoms. The lowest BCUT2D eigenvalue weighted by Crippen LogP contribution is -2.34. The van der Waals surface area contributed by atoms with E-state index >= 15 is 0 Å². The first kappa shape index (κ1) is 17.9. The van der Waals surface area contributed by atoms with Crippen molar-refractivity contribution >= 4 is 26.5 Å². The van der Waals surface area contributed by atoms with Crippen LogP contribution in [-0.4, -0.2) is 30.8 Å². The maximum atomic E-state index is 13.6. The van der Waals surface area contributed by atoms with Gasteiger partial charge >= 0.3 is 0 Å². The summed E-state index contributed by atoms with van der Waals surface area (Å²) >= 11 is 0. The van der Waals surface area contributed by atoms with E-state index in [-0.39, 0.29) is 17.3 Å². The van der Waals surface area contributed by atoms with E-state index in [0.29, 0.717) is 18.5 Å². The van der Waals surface area contributed by atoms with E-state index in [1.807, 2.05) is 12.3 Å². The average molecular weight is 388 g/mol. The Balaban J connectivity index is 1.62. The minimum absolute atomic E-state index is 0.0902. The fourth-order valence-corrected chi connectivity index (χ4v) is 4.86. The zero-order valence-electron chi connectivity index (χ0n) is 14.7. The predicted molar refractivity (Wildman–Crippen MR) is 101 cm³/mol. The minimum atomic E-state index is -3.69. The molecule has 4 rings (SSSR count). The van der Waals surface area contributed by atoms with Crippen molar-refractivity contribution < 1.29 is 17.2 Å². The monoisotopic (exact) mass is 388 g/mol. The highest BCUT2D eigenvalue weighted by atomic mass is 32.2. The van der Waals surface area contributed by atoms with Crippen LogP contribution in [0.5, 0.6) is 0 Å². The molecule has 4 nitrogen and oxygen atoms in total. The molecule has 140 valence electrons. The number of rotatable bonds is 3. The van der Waals surface area contributed by atoms with Gasteiger partial charge in [-0.1, -0.05) is 6.08 Å². The summed E-state index contributed by atoms with van der Waals surface area (Å²) in [6.45, 7) is 2.07. The molecule has 7 heteroatoms. The molecule has 0 radical (unpaired) electrons. The molecular weight excluding hydrogens is 370 g/mol. The highest BCUT2D eigenvalue weighted by Crippen LogP contribution is 2.31. The zero-order chi connectivity index (χ0) is 19.2. The van der Waals surface area contributed by atoms with Crippen LogP contribution in [0.4, 0.5) is 8.78 Å². The van der Waals surface area contributed by atoms with Crippen molar-refractivity contribution in [3.8, 4) is 0 Å². The summed E-state index contributed by atoms with van der Waals surface area (Å²) in [4.78, 5) is 3.21. The molecule has 0 amide bonds. The van der Waals surface area contributed by atoms with Crippen LogP contribution in [0.3, 0.4) is 0 Å². The number of H-pyrrole nitrogens is 1. The summed E-state index contributed by atoms with van der Waals surface area (Å²) in [7, 11) is -3.69. The average Bonchev–Trinajstić information content (AvgIpc) is 3.07. The van der Waals surface area contributed by atoms with Gasteiger partial charge in [0.15, 0.2) is 0 Å². The molecule has 1 aromatic heterocycles. The molecule has 0 bridgehead atoms. The van der Waals surface area contributed by atoms with Crippen molar-refractivity contribution in [2.75, 3.05) is 13.1 Å². The topological polar surface area (TPSA) is 53.2 Å². The molecular formula is C20H18F2N2O2S. The summed E-state index contributed by atoms with van der Waals surface area (Å²) in [5.41, 5.74) is 3.00. The second kappa shape index (κ2) is 6.58. The van der Waals surface area contributed by atoms with E-state index < -0.39 is 15.8 Å². The Kier molecular flexibility index (Phi) is 4.36. The molecule has 1 aliphatic heterocycles.